The predicted octanol–water partition coefficient (Wildman–Crippen LogP) is 1.47. The summed E-state index contributed by atoms with van der Waals surface area (Å²) in [5.41, 5.74) is 0. The fourth-order valence-electron chi connectivity index (χ4n) is 0.353. The van der Waals surface area contributed by atoms with Gasteiger partial charge >= 0.3 is 11.9 Å². The lowest BCUT2D eigenvalue weighted by atomic mass is 10.7. The van der Waals surface area contributed by atoms with Gasteiger partial charge in [0.15, 0.2) is 0 Å². The Kier molecular flexibility index (Phi) is 12.2. The van der Waals surface area contributed by atoms with Crippen molar-refractivity contribution in [2.75, 3.05) is 13.2 Å². The fourth-order valence-corrected chi connectivity index (χ4v) is 0.353. The van der Waals surface area contributed by atoms with Crippen LogP contribution in [0, 0.1) is 0 Å². The van der Waals surface area contributed by atoms with Crippen molar-refractivity contribution in [3.05, 3.63) is 25.3 Å². The van der Waals surface area contributed by atoms with Crippen LogP contribution in [0.4, 0.5) is 0 Å². The van der Waals surface area contributed by atoms with Crippen LogP contribution in [0.1, 0.15) is 13.8 Å². The molecule has 0 aromatic carbocycles. The van der Waals surface area contributed by atoms with Gasteiger partial charge in [0, 0.05) is 13.8 Å². The van der Waals surface area contributed by atoms with Crippen molar-refractivity contribution in [3.8, 4) is 0 Å². The summed E-state index contributed by atoms with van der Waals surface area (Å²) in [6.45, 7) is 10.1. The van der Waals surface area contributed by atoms with E-state index in [-0.39, 0.29) is 11.9 Å². The Morgan fingerprint density at radius 3 is 1.36 bits per heavy atom. The van der Waals surface area contributed by atoms with E-state index < -0.39 is 0 Å². The van der Waals surface area contributed by atoms with Crippen LogP contribution in [0.3, 0.4) is 0 Å². The lowest BCUT2D eigenvalue weighted by molar-refractivity contribution is -0.140. The van der Waals surface area contributed by atoms with Gasteiger partial charge in [0.25, 0.3) is 0 Å². The van der Waals surface area contributed by atoms with E-state index in [0.29, 0.717) is 13.2 Å². The van der Waals surface area contributed by atoms with Crippen molar-refractivity contribution in [2.24, 2.45) is 0 Å². The van der Waals surface area contributed by atoms with Gasteiger partial charge in [0.1, 0.15) is 13.2 Å². The van der Waals surface area contributed by atoms with Gasteiger partial charge in [-0.15, -0.1) is 0 Å². The summed E-state index contributed by atoms with van der Waals surface area (Å²) in [6.07, 6.45) is 3.06. The second-order valence-electron chi connectivity index (χ2n) is 2.18. The summed E-state index contributed by atoms with van der Waals surface area (Å²) in [5, 5.41) is 0. The number of carbonyl (C=O) groups is 2. The molecular weight excluding hydrogens is 184 g/mol. The topological polar surface area (TPSA) is 52.6 Å². The first kappa shape index (κ1) is 14.9. The largest absolute Gasteiger partial charge is 0.462 e. The molecule has 4 nitrogen and oxygen atoms in total. The molecule has 0 rings (SSSR count). The summed E-state index contributed by atoms with van der Waals surface area (Å²) >= 11 is 0. The highest BCUT2D eigenvalue weighted by Crippen LogP contribution is 1.73. The molecule has 0 aliphatic heterocycles. The molecule has 0 N–H and O–H groups in total. The van der Waals surface area contributed by atoms with E-state index in [0.717, 1.165) is 0 Å². The molecule has 0 atom stereocenters. The molecule has 0 spiro atoms. The van der Waals surface area contributed by atoms with Crippen LogP contribution in [0.25, 0.3) is 0 Å². The number of ether oxygens (including phenoxy) is 2. The van der Waals surface area contributed by atoms with Gasteiger partial charge in [-0.05, 0) is 0 Å². The summed E-state index contributed by atoms with van der Waals surface area (Å²) in [7, 11) is 0. The van der Waals surface area contributed by atoms with Crippen molar-refractivity contribution in [1.82, 2.24) is 0 Å². The Morgan fingerprint density at radius 1 is 1.00 bits per heavy atom. The molecule has 0 aliphatic rings. The van der Waals surface area contributed by atoms with Crippen LogP contribution < -0.4 is 0 Å². The van der Waals surface area contributed by atoms with E-state index in [1.807, 2.05) is 0 Å². The molecule has 0 radical (unpaired) electrons. The molecule has 0 fully saturated rings. The molecule has 0 saturated heterocycles. The molecular formula is C10H16O4. The highest BCUT2D eigenvalue weighted by atomic mass is 16.5. The van der Waals surface area contributed by atoms with Gasteiger partial charge < -0.3 is 9.47 Å². The van der Waals surface area contributed by atoms with E-state index >= 15 is 0 Å². The normalized spacial score (nSPS) is 7.57. The van der Waals surface area contributed by atoms with Crippen molar-refractivity contribution >= 4 is 11.9 Å². The first-order valence-corrected chi connectivity index (χ1v) is 4.03. The lowest BCUT2D eigenvalue weighted by Gasteiger charge is -1.90. The number of hydrogen-bond donors (Lipinski definition) is 0. The zero-order valence-electron chi connectivity index (χ0n) is 8.62. The van der Waals surface area contributed by atoms with Crippen LogP contribution in [0.5, 0.6) is 0 Å². The Hall–Kier alpha value is -1.58. The van der Waals surface area contributed by atoms with Crippen molar-refractivity contribution in [2.45, 2.75) is 13.8 Å². The quantitative estimate of drug-likeness (QED) is 0.509. The maximum atomic E-state index is 9.93. The van der Waals surface area contributed by atoms with Gasteiger partial charge in [-0.3, -0.25) is 9.59 Å². The average molecular weight is 200 g/mol. The average Bonchev–Trinajstić information content (AvgIpc) is 2.12. The molecule has 0 heterocycles. The smallest absolute Gasteiger partial charge is 0.302 e. The number of esters is 2. The fraction of sp³-hybridized carbons (Fsp3) is 0.400. The molecule has 4 heteroatoms. The molecule has 0 amide bonds. The van der Waals surface area contributed by atoms with Crippen molar-refractivity contribution < 1.29 is 19.1 Å². The third-order valence-corrected chi connectivity index (χ3v) is 0.809. The van der Waals surface area contributed by atoms with E-state index in [9.17, 15) is 9.59 Å². The zero-order chi connectivity index (χ0) is 11.4. The first-order chi connectivity index (χ1) is 6.54. The first-order valence-electron chi connectivity index (χ1n) is 4.03. The van der Waals surface area contributed by atoms with E-state index in [1.54, 1.807) is 0 Å². The van der Waals surface area contributed by atoms with Crippen molar-refractivity contribution in [3.63, 3.8) is 0 Å². The maximum Gasteiger partial charge on any atom is 0.302 e. The summed E-state index contributed by atoms with van der Waals surface area (Å²) < 4.78 is 8.87. The zero-order valence-corrected chi connectivity index (χ0v) is 8.62. The SMILES string of the molecule is C=CCOC(C)=O.C=CCOC(C)=O. The van der Waals surface area contributed by atoms with Gasteiger partial charge in [-0.2, -0.15) is 0 Å². The molecule has 0 aromatic rings. The van der Waals surface area contributed by atoms with Crippen LogP contribution in [0.2, 0.25) is 0 Å². The van der Waals surface area contributed by atoms with Gasteiger partial charge in [-0.25, -0.2) is 0 Å². The number of hydrogen-bond acceptors (Lipinski definition) is 4. The van der Waals surface area contributed by atoms with Crippen LogP contribution >= 0.6 is 0 Å². The van der Waals surface area contributed by atoms with Crippen LogP contribution in [0.15, 0.2) is 25.3 Å². The van der Waals surface area contributed by atoms with E-state index in [1.165, 1.54) is 26.0 Å². The molecule has 0 unspecified atom stereocenters. The summed E-state index contributed by atoms with van der Waals surface area (Å²) in [5.74, 6) is -0.528. The predicted molar refractivity (Wildman–Crippen MR) is 53.7 cm³/mol. The molecule has 0 aromatic heterocycles. The van der Waals surface area contributed by atoms with Gasteiger partial charge in [-0.1, -0.05) is 25.3 Å². The second-order valence-corrected chi connectivity index (χ2v) is 2.18. The van der Waals surface area contributed by atoms with Gasteiger partial charge in [0.05, 0.1) is 0 Å². The molecule has 14 heavy (non-hydrogen) atoms. The summed E-state index contributed by atoms with van der Waals surface area (Å²) in [6, 6.07) is 0. The molecule has 0 saturated carbocycles. The highest BCUT2D eigenvalue weighted by Gasteiger charge is 1.83. The Morgan fingerprint density at radius 2 is 1.29 bits per heavy atom. The third kappa shape index (κ3) is 22.4. The minimum atomic E-state index is -0.264. The lowest BCUT2D eigenvalue weighted by Crippen LogP contribution is -1.96. The standard InChI is InChI=1S/2C5H8O2/c2*1-3-4-7-5(2)6/h2*3H,1,4H2,2H3. The molecule has 80 valence electrons. The Bertz CT molecular complexity index is 174. The van der Waals surface area contributed by atoms with Gasteiger partial charge in [0.2, 0.25) is 0 Å². The summed E-state index contributed by atoms with van der Waals surface area (Å²) in [4.78, 5) is 19.9. The van der Waals surface area contributed by atoms with E-state index in [4.69, 9.17) is 0 Å². The maximum absolute atomic E-state index is 9.93. The van der Waals surface area contributed by atoms with Crippen LogP contribution in [-0.2, 0) is 19.1 Å². The van der Waals surface area contributed by atoms with Crippen molar-refractivity contribution in [1.29, 1.82) is 0 Å². The minimum absolute atomic E-state index is 0.264. The highest BCUT2D eigenvalue weighted by molar-refractivity contribution is 5.66. The second kappa shape index (κ2) is 11.4. The Labute approximate surface area is 84.2 Å². The minimum Gasteiger partial charge on any atom is -0.462 e. The van der Waals surface area contributed by atoms with Crippen LogP contribution in [-0.4, -0.2) is 25.2 Å². The number of rotatable bonds is 4. The monoisotopic (exact) mass is 200 g/mol. The Balaban J connectivity index is 0. The van der Waals surface area contributed by atoms with E-state index in [2.05, 4.69) is 22.6 Å². The third-order valence-electron chi connectivity index (χ3n) is 0.809. The number of carbonyl (C=O) groups excluding carboxylic acids is 2. The molecule has 0 aliphatic carbocycles. The molecule has 0 bridgehead atoms.